The Morgan fingerprint density at radius 3 is 2.65 bits per heavy atom. The van der Waals surface area contributed by atoms with Gasteiger partial charge in [0, 0.05) is 4.90 Å². The van der Waals surface area contributed by atoms with Crippen molar-refractivity contribution in [3.05, 3.63) is 54.6 Å². The Balaban J connectivity index is 1.48. The highest BCUT2D eigenvalue weighted by molar-refractivity contribution is 8.00. The van der Waals surface area contributed by atoms with Crippen LogP contribution in [0.4, 0.5) is 0 Å². The van der Waals surface area contributed by atoms with E-state index < -0.39 is 0 Å². The van der Waals surface area contributed by atoms with E-state index in [1.807, 2.05) is 61.5 Å². The van der Waals surface area contributed by atoms with Gasteiger partial charge in [-0.3, -0.25) is 4.79 Å². The minimum Gasteiger partial charge on any atom is -0.486 e. The van der Waals surface area contributed by atoms with Gasteiger partial charge in [0.1, 0.15) is 12.7 Å². The second-order valence-corrected chi connectivity index (χ2v) is 6.73. The smallest absolute Gasteiger partial charge is 0.233 e. The lowest BCUT2D eigenvalue weighted by molar-refractivity contribution is -0.120. The first-order chi connectivity index (χ1) is 11.2. The minimum absolute atomic E-state index is 0.00121. The second kappa shape index (κ2) is 7.42. The van der Waals surface area contributed by atoms with E-state index in [1.165, 1.54) is 0 Å². The number of thioether (sulfide) groups is 1. The number of rotatable bonds is 5. The van der Waals surface area contributed by atoms with Gasteiger partial charge in [0.25, 0.3) is 0 Å². The fourth-order valence-electron chi connectivity index (χ4n) is 2.28. The third kappa shape index (κ3) is 4.20. The molecule has 120 valence electrons. The minimum atomic E-state index is -0.164. The Hall–Kier alpha value is -2.14. The summed E-state index contributed by atoms with van der Waals surface area (Å²) in [5.74, 6) is 1.48. The molecule has 2 atom stereocenters. The van der Waals surface area contributed by atoms with Crippen molar-refractivity contribution in [2.45, 2.75) is 23.2 Å². The summed E-state index contributed by atoms with van der Waals surface area (Å²) in [4.78, 5) is 13.3. The van der Waals surface area contributed by atoms with E-state index in [0.29, 0.717) is 13.2 Å². The summed E-state index contributed by atoms with van der Waals surface area (Å²) in [6.07, 6.45) is -0.164. The molecule has 2 aromatic rings. The molecule has 1 aliphatic rings. The van der Waals surface area contributed by atoms with Crippen molar-refractivity contribution in [3.8, 4) is 11.5 Å². The Bertz CT molecular complexity index is 662. The summed E-state index contributed by atoms with van der Waals surface area (Å²) in [6, 6.07) is 17.5. The lowest BCUT2D eigenvalue weighted by Gasteiger charge is -2.26. The van der Waals surface area contributed by atoms with Crippen molar-refractivity contribution in [1.82, 2.24) is 5.32 Å². The lowest BCUT2D eigenvalue weighted by atomic mass is 10.2. The van der Waals surface area contributed by atoms with Crippen molar-refractivity contribution < 1.29 is 14.3 Å². The van der Waals surface area contributed by atoms with Gasteiger partial charge in [-0.15, -0.1) is 11.8 Å². The van der Waals surface area contributed by atoms with E-state index in [2.05, 4.69) is 5.32 Å². The fourth-order valence-corrected chi connectivity index (χ4v) is 3.19. The maximum absolute atomic E-state index is 12.2. The van der Waals surface area contributed by atoms with E-state index in [4.69, 9.17) is 9.47 Å². The second-order valence-electron chi connectivity index (χ2n) is 5.32. The Morgan fingerprint density at radius 2 is 1.87 bits per heavy atom. The summed E-state index contributed by atoms with van der Waals surface area (Å²) in [7, 11) is 0. The quantitative estimate of drug-likeness (QED) is 0.856. The molecule has 2 aromatic carbocycles. The molecule has 0 aliphatic carbocycles. The zero-order valence-electron chi connectivity index (χ0n) is 12.9. The largest absolute Gasteiger partial charge is 0.486 e. The third-order valence-corrected chi connectivity index (χ3v) is 4.61. The number of carbonyl (C=O) groups is 1. The van der Waals surface area contributed by atoms with Crippen molar-refractivity contribution in [1.29, 1.82) is 0 Å². The average molecular weight is 329 g/mol. The molecule has 0 aromatic heterocycles. The van der Waals surface area contributed by atoms with Crippen LogP contribution in [-0.2, 0) is 4.79 Å². The van der Waals surface area contributed by atoms with Crippen LogP contribution < -0.4 is 14.8 Å². The molecule has 1 amide bonds. The maximum Gasteiger partial charge on any atom is 0.233 e. The van der Waals surface area contributed by atoms with Gasteiger partial charge in [0.15, 0.2) is 11.5 Å². The first-order valence-corrected chi connectivity index (χ1v) is 8.48. The number of ether oxygens (including phenoxy) is 2. The van der Waals surface area contributed by atoms with Crippen LogP contribution in [-0.4, -0.2) is 30.4 Å². The number of amides is 1. The van der Waals surface area contributed by atoms with Gasteiger partial charge in [-0.2, -0.15) is 0 Å². The molecule has 5 heteroatoms. The first-order valence-electron chi connectivity index (χ1n) is 7.60. The maximum atomic E-state index is 12.2. The number of hydrogen-bond acceptors (Lipinski definition) is 4. The monoisotopic (exact) mass is 329 g/mol. The normalized spacial score (nSPS) is 17.3. The predicted molar refractivity (Wildman–Crippen MR) is 91.1 cm³/mol. The van der Waals surface area contributed by atoms with Crippen LogP contribution in [0.1, 0.15) is 6.92 Å². The van der Waals surface area contributed by atoms with Gasteiger partial charge < -0.3 is 14.8 Å². The van der Waals surface area contributed by atoms with Crippen molar-refractivity contribution in [2.24, 2.45) is 0 Å². The standard InChI is InChI=1S/C18H19NO3S/c1-13(23-15-7-3-2-4-8-15)18(20)19-11-14-12-21-16-9-5-6-10-17(16)22-14/h2-10,13-14H,11-12H2,1H3,(H,19,20)/t13-,14-/m0/s1. The van der Waals surface area contributed by atoms with E-state index in [-0.39, 0.29) is 17.3 Å². The van der Waals surface area contributed by atoms with Crippen molar-refractivity contribution in [3.63, 3.8) is 0 Å². The van der Waals surface area contributed by atoms with Crippen LogP contribution in [0.15, 0.2) is 59.5 Å². The predicted octanol–water partition coefficient (Wildman–Crippen LogP) is 3.12. The van der Waals surface area contributed by atoms with Gasteiger partial charge in [-0.05, 0) is 31.2 Å². The van der Waals surface area contributed by atoms with Gasteiger partial charge in [-0.25, -0.2) is 0 Å². The highest BCUT2D eigenvalue weighted by atomic mass is 32.2. The molecule has 0 unspecified atom stereocenters. The molecule has 23 heavy (non-hydrogen) atoms. The van der Waals surface area contributed by atoms with Crippen LogP contribution in [0.2, 0.25) is 0 Å². The highest BCUT2D eigenvalue weighted by Gasteiger charge is 2.22. The van der Waals surface area contributed by atoms with Crippen molar-refractivity contribution >= 4 is 17.7 Å². The Kier molecular flexibility index (Phi) is 5.08. The van der Waals surface area contributed by atoms with Crippen LogP contribution >= 0.6 is 11.8 Å². The third-order valence-electron chi connectivity index (χ3n) is 3.50. The summed E-state index contributed by atoms with van der Waals surface area (Å²) in [6.45, 7) is 2.78. The van der Waals surface area contributed by atoms with Crippen molar-refractivity contribution in [2.75, 3.05) is 13.2 Å². The summed E-state index contributed by atoms with van der Waals surface area (Å²) in [5.41, 5.74) is 0. The number of carbonyl (C=O) groups excluding carboxylic acids is 1. The van der Waals surface area contributed by atoms with Crippen LogP contribution in [0, 0.1) is 0 Å². The van der Waals surface area contributed by atoms with Crippen LogP contribution in [0.25, 0.3) is 0 Å². The molecule has 0 saturated carbocycles. The molecule has 0 spiro atoms. The zero-order valence-corrected chi connectivity index (χ0v) is 13.7. The number of fused-ring (bicyclic) bond motifs is 1. The summed E-state index contributed by atoms with van der Waals surface area (Å²) < 4.78 is 11.5. The van der Waals surface area contributed by atoms with E-state index >= 15 is 0 Å². The molecule has 0 radical (unpaired) electrons. The molecular formula is C18H19NO3S. The van der Waals surface area contributed by atoms with Gasteiger partial charge >= 0.3 is 0 Å². The molecule has 1 N–H and O–H groups in total. The van der Waals surface area contributed by atoms with Crippen LogP contribution in [0.5, 0.6) is 11.5 Å². The number of hydrogen-bond donors (Lipinski definition) is 1. The lowest BCUT2D eigenvalue weighted by Crippen LogP contribution is -2.42. The molecule has 1 aliphatic heterocycles. The molecule has 0 bridgehead atoms. The fraction of sp³-hybridized carbons (Fsp3) is 0.278. The van der Waals surface area contributed by atoms with Crippen LogP contribution in [0.3, 0.4) is 0 Å². The van der Waals surface area contributed by atoms with E-state index in [9.17, 15) is 4.79 Å². The highest BCUT2D eigenvalue weighted by Crippen LogP contribution is 2.30. The molecular weight excluding hydrogens is 310 g/mol. The summed E-state index contributed by atoms with van der Waals surface area (Å²) in [5, 5.41) is 2.78. The van der Waals surface area contributed by atoms with Gasteiger partial charge in [0.2, 0.25) is 5.91 Å². The van der Waals surface area contributed by atoms with Gasteiger partial charge in [0.05, 0.1) is 11.8 Å². The number of benzene rings is 2. The molecule has 0 saturated heterocycles. The number of nitrogens with one attached hydrogen (secondary N) is 1. The zero-order chi connectivity index (χ0) is 16.1. The van der Waals surface area contributed by atoms with E-state index in [0.717, 1.165) is 16.4 Å². The average Bonchev–Trinajstić information content (AvgIpc) is 2.60. The van der Waals surface area contributed by atoms with E-state index in [1.54, 1.807) is 11.8 Å². The number of para-hydroxylation sites is 2. The molecule has 4 nitrogen and oxygen atoms in total. The molecule has 1 heterocycles. The SMILES string of the molecule is C[C@H](Sc1ccccc1)C(=O)NC[C@H]1COc2ccccc2O1. The topological polar surface area (TPSA) is 47.6 Å². The Labute approximate surface area is 140 Å². The Morgan fingerprint density at radius 1 is 1.17 bits per heavy atom. The van der Waals surface area contributed by atoms with Gasteiger partial charge in [-0.1, -0.05) is 30.3 Å². The summed E-state index contributed by atoms with van der Waals surface area (Å²) >= 11 is 1.54. The first kappa shape index (κ1) is 15.7. The molecule has 3 rings (SSSR count). The molecule has 0 fully saturated rings.